The molecule has 8 nitrogen and oxygen atoms in total. The Balaban J connectivity index is 1.60. The maximum absolute atomic E-state index is 12.7. The van der Waals surface area contributed by atoms with Crippen molar-refractivity contribution in [2.75, 3.05) is 14.2 Å². The fourth-order valence-electron chi connectivity index (χ4n) is 4.33. The first-order valence-corrected chi connectivity index (χ1v) is 11.4. The highest BCUT2D eigenvalue weighted by Crippen LogP contribution is 2.30. The van der Waals surface area contributed by atoms with E-state index < -0.39 is 11.8 Å². The predicted molar refractivity (Wildman–Crippen MR) is 130 cm³/mol. The number of ether oxygens (including phenoxy) is 2. The first kappa shape index (κ1) is 23.5. The van der Waals surface area contributed by atoms with E-state index in [1.54, 1.807) is 27.3 Å². The summed E-state index contributed by atoms with van der Waals surface area (Å²) in [5.41, 5.74) is 3.11. The molecule has 2 unspecified atom stereocenters. The summed E-state index contributed by atoms with van der Waals surface area (Å²) >= 11 is 0. The number of aromatic nitrogens is 4. The molecule has 0 radical (unpaired) electrons. The maximum atomic E-state index is 12.7. The van der Waals surface area contributed by atoms with Crippen molar-refractivity contribution >= 4 is 5.65 Å². The average molecular weight is 463 g/mol. The zero-order chi connectivity index (χ0) is 24.1. The largest absolute Gasteiger partial charge is 0.493 e. The van der Waals surface area contributed by atoms with Crippen molar-refractivity contribution in [1.29, 1.82) is 0 Å². The fourth-order valence-corrected chi connectivity index (χ4v) is 4.33. The Labute approximate surface area is 198 Å². The van der Waals surface area contributed by atoms with Crippen LogP contribution in [0.4, 0.5) is 0 Å². The van der Waals surface area contributed by atoms with E-state index in [0.717, 1.165) is 30.4 Å². The number of fused-ring (bicyclic) bond motifs is 1. The van der Waals surface area contributed by atoms with Crippen LogP contribution in [0.1, 0.15) is 48.2 Å². The molecule has 8 heteroatoms. The molecule has 4 aromatic rings. The highest BCUT2D eigenvalue weighted by Gasteiger charge is 2.23. The van der Waals surface area contributed by atoms with E-state index in [1.807, 2.05) is 36.4 Å². The van der Waals surface area contributed by atoms with Gasteiger partial charge in [0.25, 0.3) is 0 Å². The monoisotopic (exact) mass is 462 g/mol. The van der Waals surface area contributed by atoms with E-state index in [-0.39, 0.29) is 5.92 Å². The molecule has 4 rings (SSSR count). The lowest BCUT2D eigenvalue weighted by atomic mass is 9.90. The molecule has 0 fully saturated rings. The number of aromatic amines is 1. The van der Waals surface area contributed by atoms with Crippen molar-refractivity contribution in [3.05, 3.63) is 87.7 Å². The van der Waals surface area contributed by atoms with Gasteiger partial charge in [0.15, 0.2) is 11.5 Å². The van der Waals surface area contributed by atoms with Crippen LogP contribution in [0.3, 0.4) is 0 Å². The highest BCUT2D eigenvalue weighted by atomic mass is 16.5. The molecule has 0 aliphatic rings. The number of nitrogens with zero attached hydrogens (tertiary/aromatic N) is 3. The van der Waals surface area contributed by atoms with Gasteiger partial charge in [-0.25, -0.2) is 4.79 Å². The third-order valence-corrected chi connectivity index (χ3v) is 6.10. The second-order valence-corrected chi connectivity index (χ2v) is 8.42. The number of aryl methyl sites for hydroxylation is 1. The zero-order valence-corrected chi connectivity index (χ0v) is 19.7. The van der Waals surface area contributed by atoms with Gasteiger partial charge in [-0.05, 0) is 49.4 Å². The van der Waals surface area contributed by atoms with Gasteiger partial charge in [-0.2, -0.15) is 14.6 Å². The standard InChI is InChI=1S/C26H30N4O4/c1-17(31)20(11-7-10-18-8-5-4-6-9-18)21-16-27-30-25(21)28-24(29-26(30)32)15-19-12-13-22(33-2)23(14-19)34-3/h4-6,8-9,12-14,16-17,20,31H,7,10-11,15H2,1-3H3,(H,28,29,32). The molecule has 34 heavy (non-hydrogen) atoms. The number of benzene rings is 2. The van der Waals surface area contributed by atoms with E-state index in [1.165, 1.54) is 10.1 Å². The molecule has 0 aliphatic carbocycles. The van der Waals surface area contributed by atoms with Crippen LogP contribution in [0.2, 0.25) is 0 Å². The third kappa shape index (κ3) is 5.12. The number of nitrogens with one attached hydrogen (secondary N) is 1. The first-order chi connectivity index (χ1) is 16.5. The van der Waals surface area contributed by atoms with Gasteiger partial charge in [-0.15, -0.1) is 0 Å². The summed E-state index contributed by atoms with van der Waals surface area (Å²) in [6.45, 7) is 1.78. The van der Waals surface area contributed by atoms with Gasteiger partial charge < -0.3 is 19.6 Å². The summed E-state index contributed by atoms with van der Waals surface area (Å²) in [6.07, 6.45) is 4.08. The van der Waals surface area contributed by atoms with Crippen molar-refractivity contribution in [1.82, 2.24) is 19.6 Å². The van der Waals surface area contributed by atoms with Gasteiger partial charge in [0.05, 0.1) is 26.5 Å². The molecule has 2 aromatic carbocycles. The molecule has 0 saturated heterocycles. The van der Waals surface area contributed by atoms with E-state index in [9.17, 15) is 9.90 Å². The van der Waals surface area contributed by atoms with Crippen LogP contribution in [0.15, 0.2) is 59.5 Å². The fraction of sp³-hybridized carbons (Fsp3) is 0.346. The van der Waals surface area contributed by atoms with Gasteiger partial charge in [0.2, 0.25) is 0 Å². The molecular formula is C26H30N4O4. The van der Waals surface area contributed by atoms with Gasteiger partial charge >= 0.3 is 5.69 Å². The normalized spacial score (nSPS) is 13.1. The Morgan fingerprint density at radius 3 is 2.53 bits per heavy atom. The molecular weight excluding hydrogens is 432 g/mol. The van der Waals surface area contributed by atoms with E-state index in [4.69, 9.17) is 9.47 Å². The second-order valence-electron chi connectivity index (χ2n) is 8.42. The summed E-state index contributed by atoms with van der Waals surface area (Å²) in [5, 5.41) is 14.8. The summed E-state index contributed by atoms with van der Waals surface area (Å²) in [6, 6.07) is 15.9. The first-order valence-electron chi connectivity index (χ1n) is 11.4. The van der Waals surface area contributed by atoms with Gasteiger partial charge in [0.1, 0.15) is 11.5 Å². The van der Waals surface area contributed by atoms with Crippen molar-refractivity contribution in [3.8, 4) is 11.5 Å². The molecule has 2 heterocycles. The van der Waals surface area contributed by atoms with E-state index >= 15 is 0 Å². The highest BCUT2D eigenvalue weighted by molar-refractivity contribution is 5.49. The minimum absolute atomic E-state index is 0.159. The molecule has 0 bridgehead atoms. The average Bonchev–Trinajstić information content (AvgIpc) is 3.26. The molecule has 0 amide bonds. The lowest BCUT2D eigenvalue weighted by Gasteiger charge is -2.19. The second kappa shape index (κ2) is 10.5. The molecule has 2 atom stereocenters. The molecule has 2 N–H and O–H groups in total. The van der Waals surface area contributed by atoms with Gasteiger partial charge in [-0.3, -0.25) is 0 Å². The van der Waals surface area contributed by atoms with Crippen molar-refractivity contribution in [2.24, 2.45) is 0 Å². The molecule has 0 aliphatic heterocycles. The van der Waals surface area contributed by atoms with Crippen LogP contribution in [0.5, 0.6) is 11.5 Å². The summed E-state index contributed by atoms with van der Waals surface area (Å²) in [7, 11) is 3.17. The van der Waals surface area contributed by atoms with E-state index in [0.29, 0.717) is 29.4 Å². The van der Waals surface area contributed by atoms with Crippen LogP contribution in [0, 0.1) is 0 Å². The van der Waals surface area contributed by atoms with E-state index in [2.05, 4.69) is 27.2 Å². The summed E-state index contributed by atoms with van der Waals surface area (Å²) in [5.74, 6) is 1.60. The van der Waals surface area contributed by atoms with Crippen molar-refractivity contribution in [2.45, 2.75) is 44.6 Å². The van der Waals surface area contributed by atoms with Gasteiger partial charge in [-0.1, -0.05) is 36.4 Å². The minimum atomic E-state index is -0.588. The quantitative estimate of drug-likeness (QED) is 0.374. The number of aliphatic hydroxyl groups is 1. The Kier molecular flexibility index (Phi) is 7.27. The lowest BCUT2D eigenvalue weighted by molar-refractivity contribution is 0.156. The number of H-pyrrole nitrogens is 1. The number of hydrogen-bond donors (Lipinski definition) is 2. The minimum Gasteiger partial charge on any atom is -0.493 e. The zero-order valence-electron chi connectivity index (χ0n) is 19.7. The number of rotatable bonds is 10. The summed E-state index contributed by atoms with van der Waals surface area (Å²) in [4.78, 5) is 20.1. The third-order valence-electron chi connectivity index (χ3n) is 6.10. The number of methoxy groups -OCH3 is 2. The predicted octanol–water partition coefficient (Wildman–Crippen LogP) is 3.51. The van der Waals surface area contributed by atoms with Crippen molar-refractivity contribution < 1.29 is 14.6 Å². The van der Waals surface area contributed by atoms with Crippen LogP contribution in [0.25, 0.3) is 5.65 Å². The number of aliphatic hydroxyl groups excluding tert-OH is 1. The summed E-state index contributed by atoms with van der Waals surface area (Å²) < 4.78 is 11.9. The van der Waals surface area contributed by atoms with Crippen LogP contribution < -0.4 is 15.2 Å². The van der Waals surface area contributed by atoms with Crippen LogP contribution in [-0.2, 0) is 12.8 Å². The van der Waals surface area contributed by atoms with Crippen LogP contribution in [-0.4, -0.2) is 45.0 Å². The van der Waals surface area contributed by atoms with Gasteiger partial charge in [0, 0.05) is 17.9 Å². The molecule has 178 valence electrons. The lowest BCUT2D eigenvalue weighted by Crippen LogP contribution is -2.22. The Morgan fingerprint density at radius 1 is 1.06 bits per heavy atom. The topological polar surface area (TPSA) is 102 Å². The molecule has 0 saturated carbocycles. The Hall–Kier alpha value is -3.65. The maximum Gasteiger partial charge on any atom is 0.371 e. The SMILES string of the molecule is COc1ccc(Cc2nc(=O)n3ncc(C(CCCc4ccccc4)C(C)O)c3[nH]2)cc1OC. The number of hydrogen-bond acceptors (Lipinski definition) is 6. The van der Waals surface area contributed by atoms with Crippen LogP contribution >= 0.6 is 0 Å². The smallest absolute Gasteiger partial charge is 0.371 e. The Bertz CT molecular complexity index is 1300. The molecule has 0 spiro atoms. The van der Waals surface area contributed by atoms with Crippen molar-refractivity contribution in [3.63, 3.8) is 0 Å². The Morgan fingerprint density at radius 2 is 1.82 bits per heavy atom. The molecule has 2 aromatic heterocycles.